The fraction of sp³-hybridized carbons (Fsp3) is 0.500. The Morgan fingerprint density at radius 3 is 1.24 bits per heavy atom. The Morgan fingerprint density at radius 2 is 0.920 bits per heavy atom. The topological polar surface area (TPSA) is 20.2 Å². The van der Waals surface area contributed by atoms with Gasteiger partial charge in [0.25, 0.3) is 0 Å². The third-order valence-corrected chi connectivity index (χ3v) is 3.90. The lowest BCUT2D eigenvalue weighted by atomic mass is 10.0. The molecule has 0 aromatic rings. The van der Waals surface area contributed by atoms with Crippen LogP contribution in [-0.4, -0.2) is 11.7 Å². The third-order valence-electron chi connectivity index (χ3n) is 3.90. The summed E-state index contributed by atoms with van der Waals surface area (Å²) in [6, 6.07) is 0. The molecule has 0 rings (SSSR count). The maximum atomic E-state index is 9.10. The van der Waals surface area contributed by atoms with Crippen LogP contribution in [0, 0.1) is 5.92 Å². The Hall–Kier alpha value is -1.60. The van der Waals surface area contributed by atoms with Crippen LogP contribution in [0.15, 0.2) is 72.9 Å². The quantitative estimate of drug-likeness (QED) is 0.315. The van der Waals surface area contributed by atoms with Crippen molar-refractivity contribution in [2.24, 2.45) is 5.92 Å². The first-order valence-electron chi connectivity index (χ1n) is 9.85. The van der Waals surface area contributed by atoms with Gasteiger partial charge in [-0.2, -0.15) is 0 Å². The lowest BCUT2D eigenvalue weighted by molar-refractivity contribution is 0.224. The molecule has 0 heterocycles. The van der Waals surface area contributed by atoms with Crippen LogP contribution in [0.1, 0.15) is 65.2 Å². The minimum atomic E-state index is 0.294. The van der Waals surface area contributed by atoms with Crippen LogP contribution in [0.5, 0.6) is 0 Å². The van der Waals surface area contributed by atoms with E-state index >= 15 is 0 Å². The molecule has 1 heteroatoms. The molecule has 1 N–H and O–H groups in total. The molecule has 0 radical (unpaired) electrons. The molecule has 0 aromatic carbocycles. The Bertz CT molecular complexity index is 431. The summed E-state index contributed by atoms with van der Waals surface area (Å²) in [5.74, 6) is 0.421. The molecule has 0 saturated heterocycles. The molecule has 0 aliphatic heterocycles. The molecule has 25 heavy (non-hydrogen) atoms. The maximum absolute atomic E-state index is 9.10. The number of allylic oxidation sites excluding steroid dienone is 12. The van der Waals surface area contributed by atoms with Gasteiger partial charge in [-0.15, -0.1) is 0 Å². The number of aliphatic hydroxyl groups excluding tert-OH is 1. The van der Waals surface area contributed by atoms with Crippen LogP contribution < -0.4 is 0 Å². The smallest absolute Gasteiger partial charge is 0.0462 e. The summed E-state index contributed by atoms with van der Waals surface area (Å²) in [4.78, 5) is 0. The van der Waals surface area contributed by atoms with Crippen LogP contribution in [-0.2, 0) is 0 Å². The normalized spacial score (nSPS) is 14.5. The van der Waals surface area contributed by atoms with Gasteiger partial charge in [0.2, 0.25) is 0 Å². The van der Waals surface area contributed by atoms with Crippen molar-refractivity contribution < 1.29 is 5.11 Å². The van der Waals surface area contributed by atoms with Gasteiger partial charge in [0.05, 0.1) is 0 Å². The first kappa shape index (κ1) is 23.4. The second kappa shape index (κ2) is 20.4. The zero-order valence-corrected chi connectivity index (χ0v) is 16.3. The highest BCUT2D eigenvalue weighted by molar-refractivity contribution is 5.01. The first-order valence-corrected chi connectivity index (χ1v) is 9.85. The largest absolute Gasteiger partial charge is 0.396 e. The van der Waals surface area contributed by atoms with Crippen molar-refractivity contribution >= 4 is 0 Å². The van der Waals surface area contributed by atoms with Crippen molar-refractivity contribution in [1.82, 2.24) is 0 Å². The van der Waals surface area contributed by atoms with Gasteiger partial charge in [-0.05, 0) is 50.9 Å². The monoisotopic (exact) mass is 342 g/mol. The van der Waals surface area contributed by atoms with Crippen LogP contribution in [0.2, 0.25) is 0 Å². The summed E-state index contributed by atoms with van der Waals surface area (Å²) in [6.45, 7) is 4.58. The molecule has 0 amide bonds. The molecule has 140 valence electrons. The second-order valence-corrected chi connectivity index (χ2v) is 6.11. The average Bonchev–Trinajstić information content (AvgIpc) is 2.64. The molecule has 0 aliphatic rings. The van der Waals surface area contributed by atoms with Gasteiger partial charge in [-0.1, -0.05) is 93.2 Å². The van der Waals surface area contributed by atoms with E-state index in [1.165, 1.54) is 0 Å². The standard InChI is InChI=1S/C24H38O/c1-3-5-6-7-8-9-10-11-12-13-14-15-16-17-18-19-20-21-22-24(4-2)23-25/h5-6,8-9,11-12,14-15,17-18,20-21,24-25H,3-4,7,10,13,16,19,22-23H2,1-2H3/b6-5-,9-8-,12-11-,15-14-,18-17-,21-20+. The van der Waals surface area contributed by atoms with E-state index in [0.717, 1.165) is 51.4 Å². The van der Waals surface area contributed by atoms with Crippen molar-refractivity contribution in [3.63, 3.8) is 0 Å². The van der Waals surface area contributed by atoms with Gasteiger partial charge in [0.15, 0.2) is 0 Å². The van der Waals surface area contributed by atoms with Gasteiger partial charge in [-0.25, -0.2) is 0 Å². The van der Waals surface area contributed by atoms with Crippen LogP contribution >= 0.6 is 0 Å². The van der Waals surface area contributed by atoms with Crippen LogP contribution in [0.3, 0.4) is 0 Å². The number of aliphatic hydroxyl groups is 1. The number of hydrogen-bond acceptors (Lipinski definition) is 1. The number of rotatable bonds is 15. The van der Waals surface area contributed by atoms with Gasteiger partial charge < -0.3 is 5.11 Å². The predicted molar refractivity (Wildman–Crippen MR) is 114 cm³/mol. The van der Waals surface area contributed by atoms with Crippen molar-refractivity contribution in [3.8, 4) is 0 Å². The van der Waals surface area contributed by atoms with Crippen molar-refractivity contribution in [3.05, 3.63) is 72.9 Å². The Morgan fingerprint density at radius 1 is 0.560 bits per heavy atom. The third kappa shape index (κ3) is 18.6. The fourth-order valence-electron chi connectivity index (χ4n) is 2.18. The first-order chi connectivity index (χ1) is 12.3. The van der Waals surface area contributed by atoms with Gasteiger partial charge in [-0.3, -0.25) is 0 Å². The van der Waals surface area contributed by atoms with Crippen molar-refractivity contribution in [1.29, 1.82) is 0 Å². The summed E-state index contributed by atoms with van der Waals surface area (Å²) in [7, 11) is 0. The van der Waals surface area contributed by atoms with E-state index < -0.39 is 0 Å². The minimum absolute atomic E-state index is 0.294. The predicted octanol–water partition coefficient (Wildman–Crippen LogP) is 7.09. The molecule has 1 unspecified atom stereocenters. The molecular weight excluding hydrogens is 304 g/mol. The molecular formula is C24H38O. The van der Waals surface area contributed by atoms with E-state index in [9.17, 15) is 0 Å². The Kier molecular flexibility index (Phi) is 19.1. The second-order valence-electron chi connectivity index (χ2n) is 6.11. The molecule has 1 atom stereocenters. The SMILES string of the molecule is CC/C=C\C/C=C\C/C=C\C/C=C\C/C=C\C/C=C/CC(CC)CO. The summed E-state index contributed by atoms with van der Waals surface area (Å²) in [5.41, 5.74) is 0. The lowest BCUT2D eigenvalue weighted by Gasteiger charge is -2.06. The van der Waals surface area contributed by atoms with Gasteiger partial charge in [0.1, 0.15) is 0 Å². The molecule has 1 nitrogen and oxygen atoms in total. The van der Waals surface area contributed by atoms with E-state index in [1.807, 2.05) is 0 Å². The summed E-state index contributed by atoms with van der Waals surface area (Å²) >= 11 is 0. The van der Waals surface area contributed by atoms with E-state index in [-0.39, 0.29) is 0 Å². The zero-order valence-electron chi connectivity index (χ0n) is 16.3. The Labute approximate surface area is 156 Å². The molecule has 0 aromatic heterocycles. The van der Waals surface area contributed by atoms with E-state index in [0.29, 0.717) is 12.5 Å². The summed E-state index contributed by atoms with van der Waals surface area (Å²) < 4.78 is 0. The van der Waals surface area contributed by atoms with Crippen LogP contribution in [0.4, 0.5) is 0 Å². The highest BCUT2D eigenvalue weighted by Gasteiger charge is 1.99. The minimum Gasteiger partial charge on any atom is -0.396 e. The highest BCUT2D eigenvalue weighted by Crippen LogP contribution is 2.07. The van der Waals surface area contributed by atoms with E-state index in [2.05, 4.69) is 86.8 Å². The van der Waals surface area contributed by atoms with Gasteiger partial charge >= 0.3 is 0 Å². The summed E-state index contributed by atoms with van der Waals surface area (Å²) in [6.07, 6.45) is 34.7. The Balaban J connectivity index is 3.57. The molecule has 0 aliphatic carbocycles. The summed E-state index contributed by atoms with van der Waals surface area (Å²) in [5, 5.41) is 9.10. The fourth-order valence-corrected chi connectivity index (χ4v) is 2.18. The lowest BCUT2D eigenvalue weighted by Crippen LogP contribution is -2.02. The molecule has 0 fully saturated rings. The van der Waals surface area contributed by atoms with E-state index in [1.54, 1.807) is 0 Å². The molecule has 0 bridgehead atoms. The van der Waals surface area contributed by atoms with Crippen molar-refractivity contribution in [2.75, 3.05) is 6.61 Å². The maximum Gasteiger partial charge on any atom is 0.0462 e. The molecule has 0 spiro atoms. The molecule has 0 saturated carbocycles. The van der Waals surface area contributed by atoms with Gasteiger partial charge in [0, 0.05) is 6.61 Å². The number of hydrogen-bond donors (Lipinski definition) is 1. The van der Waals surface area contributed by atoms with Crippen LogP contribution in [0.25, 0.3) is 0 Å². The average molecular weight is 343 g/mol. The highest BCUT2D eigenvalue weighted by atomic mass is 16.3. The van der Waals surface area contributed by atoms with E-state index in [4.69, 9.17) is 5.11 Å². The zero-order chi connectivity index (χ0) is 18.4. The van der Waals surface area contributed by atoms with Crippen molar-refractivity contribution in [2.45, 2.75) is 65.2 Å².